The highest BCUT2D eigenvalue weighted by molar-refractivity contribution is 5.94. The van der Waals surface area contributed by atoms with Gasteiger partial charge in [0, 0.05) is 25.4 Å². The van der Waals surface area contributed by atoms with E-state index >= 15 is 0 Å². The van der Waals surface area contributed by atoms with Crippen LogP contribution >= 0.6 is 0 Å². The summed E-state index contributed by atoms with van der Waals surface area (Å²) in [6.07, 6.45) is 2.71. The van der Waals surface area contributed by atoms with E-state index in [-0.39, 0.29) is 24.5 Å². The fourth-order valence-corrected chi connectivity index (χ4v) is 2.66. The lowest BCUT2D eigenvalue weighted by Crippen LogP contribution is -2.44. The molecule has 25 heavy (non-hydrogen) atoms. The van der Waals surface area contributed by atoms with E-state index in [9.17, 15) is 9.90 Å². The van der Waals surface area contributed by atoms with Crippen LogP contribution in [0.4, 0.5) is 5.69 Å². The molecule has 0 unspecified atom stereocenters. The fourth-order valence-electron chi connectivity index (χ4n) is 2.66. The van der Waals surface area contributed by atoms with Gasteiger partial charge in [-0.3, -0.25) is 4.79 Å². The number of amides is 1. The van der Waals surface area contributed by atoms with Gasteiger partial charge in [0.25, 0.3) is 0 Å². The second-order valence-electron chi connectivity index (χ2n) is 6.14. The Bertz CT molecular complexity index is 527. The van der Waals surface area contributed by atoms with E-state index in [0.29, 0.717) is 12.5 Å². The van der Waals surface area contributed by atoms with Gasteiger partial charge in [-0.25, -0.2) is 4.99 Å². The molecule has 0 bridgehead atoms. The summed E-state index contributed by atoms with van der Waals surface area (Å²) in [6.45, 7) is 7.92. The summed E-state index contributed by atoms with van der Waals surface area (Å²) in [5.74, 6) is 0.464. The quantitative estimate of drug-likeness (QED) is 0.386. The van der Waals surface area contributed by atoms with E-state index in [1.807, 2.05) is 37.3 Å². The average Bonchev–Trinajstić information content (AvgIpc) is 2.64. The van der Waals surface area contributed by atoms with E-state index in [1.54, 1.807) is 0 Å². The number of aliphatic hydroxyl groups excluding tert-OH is 1. The van der Waals surface area contributed by atoms with Gasteiger partial charge in [0.15, 0.2) is 5.96 Å². The summed E-state index contributed by atoms with van der Waals surface area (Å²) in [4.78, 5) is 16.4. The first-order valence-electron chi connectivity index (χ1n) is 9.07. The summed E-state index contributed by atoms with van der Waals surface area (Å²) < 4.78 is 0. The van der Waals surface area contributed by atoms with E-state index < -0.39 is 0 Å². The zero-order chi connectivity index (χ0) is 18.5. The van der Waals surface area contributed by atoms with Crippen LogP contribution in [0.3, 0.4) is 0 Å². The molecule has 0 saturated heterocycles. The number of aliphatic hydroxyl groups is 1. The average molecular weight is 348 g/mol. The van der Waals surface area contributed by atoms with Crippen molar-refractivity contribution in [1.82, 2.24) is 10.6 Å². The van der Waals surface area contributed by atoms with Crippen molar-refractivity contribution in [3.8, 4) is 0 Å². The number of aliphatic imine (C=N–C) groups is 1. The first-order chi connectivity index (χ1) is 12.1. The second-order valence-corrected chi connectivity index (χ2v) is 6.14. The third kappa shape index (κ3) is 7.56. The highest BCUT2D eigenvalue weighted by Gasteiger charge is 2.25. The molecule has 1 amide bonds. The van der Waals surface area contributed by atoms with Crippen molar-refractivity contribution in [2.75, 3.05) is 31.6 Å². The molecule has 1 aromatic carbocycles. The maximum absolute atomic E-state index is 12.0. The molecule has 1 rings (SSSR count). The smallest absolute Gasteiger partial charge is 0.246 e. The molecule has 140 valence electrons. The molecular weight excluding hydrogens is 316 g/mol. The van der Waals surface area contributed by atoms with Gasteiger partial charge in [0.1, 0.15) is 6.54 Å². The van der Waals surface area contributed by atoms with Crippen molar-refractivity contribution < 1.29 is 9.90 Å². The lowest BCUT2D eigenvalue weighted by Gasteiger charge is -2.32. The molecule has 0 aromatic heterocycles. The molecule has 0 aliphatic rings. The topological polar surface area (TPSA) is 85.8 Å². The molecule has 0 heterocycles. The minimum atomic E-state index is -0.156. The van der Waals surface area contributed by atoms with Crippen LogP contribution in [0.15, 0.2) is 35.3 Å². The number of benzene rings is 1. The van der Waals surface area contributed by atoms with Gasteiger partial charge < -0.3 is 21.1 Å². The Labute approximate surface area is 151 Å². The third-order valence-electron chi connectivity index (χ3n) is 4.56. The number of nitrogens with zero attached hydrogens (tertiary/aromatic N) is 1. The van der Waals surface area contributed by atoms with E-state index in [1.165, 1.54) is 0 Å². The molecule has 0 radical (unpaired) electrons. The van der Waals surface area contributed by atoms with E-state index in [4.69, 9.17) is 0 Å². The minimum absolute atomic E-state index is 0.0389. The summed E-state index contributed by atoms with van der Waals surface area (Å²) in [5.41, 5.74) is 0.802. The molecule has 0 fully saturated rings. The summed E-state index contributed by atoms with van der Waals surface area (Å²) >= 11 is 0. The van der Waals surface area contributed by atoms with Crippen molar-refractivity contribution in [2.45, 2.75) is 40.0 Å². The van der Waals surface area contributed by atoms with Gasteiger partial charge in [-0.05, 0) is 43.7 Å². The highest BCUT2D eigenvalue weighted by Crippen LogP contribution is 2.29. The summed E-state index contributed by atoms with van der Waals surface area (Å²) in [6, 6.07) is 9.34. The molecule has 6 heteroatoms. The van der Waals surface area contributed by atoms with Crippen LogP contribution in [0.25, 0.3) is 0 Å². The van der Waals surface area contributed by atoms with E-state index in [2.05, 4.69) is 34.8 Å². The Kier molecular flexibility index (Phi) is 9.62. The minimum Gasteiger partial charge on any atom is -0.396 e. The van der Waals surface area contributed by atoms with Crippen molar-refractivity contribution in [3.05, 3.63) is 30.3 Å². The number of hydrogen-bond acceptors (Lipinski definition) is 3. The Balaban J connectivity index is 2.62. The van der Waals surface area contributed by atoms with Gasteiger partial charge in [-0.1, -0.05) is 32.0 Å². The van der Waals surface area contributed by atoms with Crippen molar-refractivity contribution in [3.63, 3.8) is 0 Å². The number of rotatable bonds is 10. The molecule has 0 spiro atoms. The van der Waals surface area contributed by atoms with Gasteiger partial charge in [-0.15, -0.1) is 0 Å². The van der Waals surface area contributed by atoms with Crippen LogP contribution < -0.4 is 16.0 Å². The SMILES string of the molecule is CCNC(=NCC(=O)Nc1ccccc1)NCC(CC)(CC)CCO. The monoisotopic (exact) mass is 348 g/mol. The van der Waals surface area contributed by atoms with Gasteiger partial charge in [0.05, 0.1) is 0 Å². The molecule has 0 saturated carbocycles. The number of nitrogens with one attached hydrogen (secondary N) is 3. The van der Waals surface area contributed by atoms with E-state index in [0.717, 1.165) is 31.5 Å². The predicted molar refractivity (Wildman–Crippen MR) is 104 cm³/mol. The second kappa shape index (κ2) is 11.5. The molecule has 0 atom stereocenters. The van der Waals surface area contributed by atoms with Crippen molar-refractivity contribution in [2.24, 2.45) is 10.4 Å². The third-order valence-corrected chi connectivity index (χ3v) is 4.56. The lowest BCUT2D eigenvalue weighted by atomic mass is 9.79. The first-order valence-corrected chi connectivity index (χ1v) is 9.07. The van der Waals surface area contributed by atoms with Crippen LogP contribution in [0.1, 0.15) is 40.0 Å². The molecule has 0 aliphatic heterocycles. The number of anilines is 1. The van der Waals surface area contributed by atoms with Gasteiger partial charge in [-0.2, -0.15) is 0 Å². The summed E-state index contributed by atoms with van der Waals surface area (Å²) in [7, 11) is 0. The van der Waals surface area contributed by atoms with Crippen LogP contribution in [-0.4, -0.2) is 43.2 Å². The molecule has 1 aromatic rings. The zero-order valence-electron chi connectivity index (χ0n) is 15.6. The molecule has 6 nitrogen and oxygen atoms in total. The Morgan fingerprint density at radius 1 is 1.12 bits per heavy atom. The number of carbonyl (C=O) groups is 1. The van der Waals surface area contributed by atoms with Crippen LogP contribution in [0.5, 0.6) is 0 Å². The van der Waals surface area contributed by atoms with Crippen LogP contribution in [-0.2, 0) is 4.79 Å². The summed E-state index contributed by atoms with van der Waals surface area (Å²) in [5, 5.41) is 18.6. The zero-order valence-corrected chi connectivity index (χ0v) is 15.6. The Morgan fingerprint density at radius 2 is 1.80 bits per heavy atom. The maximum atomic E-state index is 12.0. The Morgan fingerprint density at radius 3 is 2.36 bits per heavy atom. The van der Waals surface area contributed by atoms with Crippen LogP contribution in [0, 0.1) is 5.41 Å². The van der Waals surface area contributed by atoms with Crippen molar-refractivity contribution in [1.29, 1.82) is 0 Å². The predicted octanol–water partition coefficient (Wildman–Crippen LogP) is 2.37. The van der Waals surface area contributed by atoms with Crippen molar-refractivity contribution >= 4 is 17.6 Å². The highest BCUT2D eigenvalue weighted by atomic mass is 16.3. The number of hydrogen-bond donors (Lipinski definition) is 4. The molecule has 4 N–H and O–H groups in total. The normalized spacial score (nSPS) is 11.9. The fraction of sp³-hybridized carbons (Fsp3) is 0.579. The van der Waals surface area contributed by atoms with Crippen LogP contribution in [0.2, 0.25) is 0 Å². The van der Waals surface area contributed by atoms with Gasteiger partial charge >= 0.3 is 0 Å². The molecule has 0 aliphatic carbocycles. The number of para-hydroxylation sites is 1. The molecular formula is C19H32N4O2. The number of guanidine groups is 1. The largest absolute Gasteiger partial charge is 0.396 e. The number of carbonyl (C=O) groups excluding carboxylic acids is 1. The maximum Gasteiger partial charge on any atom is 0.246 e. The standard InChI is InChI=1S/C19H32N4O2/c1-4-19(5-2,12-13-24)15-22-18(20-6-3)21-14-17(25)23-16-10-8-7-9-11-16/h7-11,24H,4-6,12-15H2,1-3H3,(H,23,25)(H2,20,21,22). The lowest BCUT2D eigenvalue weighted by molar-refractivity contribution is -0.114. The van der Waals surface area contributed by atoms with Gasteiger partial charge in [0.2, 0.25) is 5.91 Å². The Hall–Kier alpha value is -2.08. The first kappa shape index (κ1) is 21.0.